The van der Waals surface area contributed by atoms with Crippen LogP contribution >= 0.6 is 0 Å². The average molecular weight is 1940 g/mol. The van der Waals surface area contributed by atoms with Crippen LogP contribution in [0, 0.1) is 0 Å². The monoisotopic (exact) mass is 1940 g/mol. The van der Waals surface area contributed by atoms with E-state index in [2.05, 4.69) is 31.9 Å². The highest BCUT2D eigenvalue weighted by Crippen LogP contribution is 2.23. The molecule has 24 N–H and O–H groups in total. The zero-order valence-corrected chi connectivity index (χ0v) is 81.5. The van der Waals surface area contributed by atoms with E-state index in [9.17, 15) is 47.9 Å². The van der Waals surface area contributed by atoms with Gasteiger partial charge in [-0.1, -0.05) is 212 Å². The van der Waals surface area contributed by atoms with Gasteiger partial charge in [0.2, 0.25) is 82.7 Å². The Morgan fingerprint density at radius 1 is 0.191 bits per heavy atom. The lowest BCUT2D eigenvalue weighted by Gasteiger charge is -2.35. The summed E-state index contributed by atoms with van der Waals surface area (Å²) in [5, 5.41) is 17.9. The summed E-state index contributed by atoms with van der Waals surface area (Å²) in [5.41, 5.74) is 58.7. The van der Waals surface area contributed by atoms with E-state index in [-0.39, 0.29) is 265 Å². The van der Waals surface area contributed by atoms with Gasteiger partial charge in [-0.2, -0.15) is 0 Å². The van der Waals surface area contributed by atoms with Crippen molar-refractivity contribution in [3.05, 3.63) is 251 Å². The fourth-order valence-electron chi connectivity index (χ4n) is 16.9. The largest absolute Gasteiger partial charge is 0.368 e. The molecule has 0 aliphatic rings. The molecule has 0 aliphatic heterocycles. The third-order valence-corrected chi connectivity index (χ3v) is 24.4. The van der Waals surface area contributed by atoms with Gasteiger partial charge in [0.05, 0.1) is 0 Å². The van der Waals surface area contributed by atoms with Crippen molar-refractivity contribution in [1.82, 2.24) is 66.2 Å². The number of nitrogens with two attached hydrogens (primary N) is 9. The Morgan fingerprint density at radius 3 is 0.461 bits per heavy atom. The maximum absolute atomic E-state index is 15.5. The van der Waals surface area contributed by atoms with Crippen LogP contribution in [0.4, 0.5) is 0 Å². The molecule has 0 unspecified atom stereocenters. The Hall–Kier alpha value is -13.2. The predicted molar refractivity (Wildman–Crippen MR) is 544 cm³/mol. The molecule has 764 valence electrons. The first-order chi connectivity index (χ1) is 68.4. The van der Waals surface area contributed by atoms with Crippen LogP contribution < -0.4 is 83.5 Å². The zero-order valence-electron chi connectivity index (χ0n) is 81.5. The van der Waals surface area contributed by atoms with Crippen molar-refractivity contribution in [3.8, 4) is 0 Å². The molecule has 0 saturated heterocycles. The van der Waals surface area contributed by atoms with Crippen molar-refractivity contribution in [3.63, 3.8) is 0 Å². The Bertz CT molecular complexity index is 4880. The predicted octanol–water partition coefficient (Wildman–Crippen LogP) is 1.38. The third kappa shape index (κ3) is 40.1. The first kappa shape index (κ1) is 115. The second kappa shape index (κ2) is 65.7. The van der Waals surface area contributed by atoms with Crippen LogP contribution in [0.2, 0.25) is 0 Å². The van der Waals surface area contributed by atoms with Gasteiger partial charge in [0.15, 0.2) is 0 Å². The number of benzene rings is 7. The summed E-state index contributed by atoms with van der Waals surface area (Å²) in [4.78, 5) is 216. The van der Waals surface area contributed by atoms with Crippen LogP contribution in [0.5, 0.6) is 0 Å². The van der Waals surface area contributed by atoms with Gasteiger partial charge < -0.3 is 118 Å². The first-order valence-electron chi connectivity index (χ1n) is 49.3. The van der Waals surface area contributed by atoms with E-state index >= 15 is 19.2 Å². The van der Waals surface area contributed by atoms with E-state index < -0.39 is 119 Å². The molecular weight excluding hydrogens is 1790 g/mol. The fraction of sp³-hybridized carbons (Fsp3) is 0.467. The van der Waals surface area contributed by atoms with E-state index in [4.69, 9.17) is 51.6 Å². The van der Waals surface area contributed by atoms with Gasteiger partial charge in [0, 0.05) is 182 Å². The maximum Gasteiger partial charge on any atom is 0.243 e. The van der Waals surface area contributed by atoms with Crippen LogP contribution in [0.3, 0.4) is 0 Å². The van der Waals surface area contributed by atoms with E-state index in [1.807, 2.05) is 72.8 Å². The molecule has 7 rings (SSSR count). The molecule has 0 saturated carbocycles. The minimum Gasteiger partial charge on any atom is -0.368 e. The van der Waals surface area contributed by atoms with Crippen LogP contribution in [0.15, 0.2) is 212 Å². The molecule has 0 heterocycles. The van der Waals surface area contributed by atoms with E-state index in [1.54, 1.807) is 140 Å². The Morgan fingerprint density at radius 2 is 0.326 bits per heavy atom. The molecule has 36 nitrogen and oxygen atoms in total. The highest BCUT2D eigenvalue weighted by molar-refractivity contribution is 5.93. The standard InChI is InChI=1S/C105H150N22O14/c106-50-22-43-92(128)121(64-57-113)86(72-79-31-10-2-11-32-79)100(136)116-59-66-123(94(130)45-24-52-108)88(74-81-35-14-4-15-36-81)102(138)118-61-68-125(96(132)47-26-54-110)90(76-83-39-18-6-19-40-83)104(140)120-63-70-127(98(134)49-28-56-112)91(77-84-41-20-7-21-42-84)105(141)119-62-69-126(97(133)48-27-55-111)89(75-82-37-16-5-17-38-82)103(139)117-60-67-124(95(131)46-25-53-109)87(73-80-33-12-3-13-34-80)101(137)115-58-65-122(93(129)44-23-51-107)85(99(114)135)71-78-29-8-1-9-30-78/h1-21,29-42,85-91H,22-28,43-77,106-113H2,(H2,114,135)(H,115,137)(H,116,136)(H,117,139)(H,118,138)(H,119,141)(H,120,140)/t85-,86-,87-,88-,89-,90-,91-/m0/s1. The molecule has 0 bridgehead atoms. The van der Waals surface area contributed by atoms with Gasteiger partial charge in [-0.15, -0.1) is 0 Å². The molecule has 141 heavy (non-hydrogen) atoms. The van der Waals surface area contributed by atoms with E-state index in [1.165, 1.54) is 34.3 Å². The lowest BCUT2D eigenvalue weighted by atomic mass is 10.0. The van der Waals surface area contributed by atoms with Crippen molar-refractivity contribution < 1.29 is 67.1 Å². The molecule has 0 spiro atoms. The molecular formula is C105H150N22O14. The number of carbonyl (C=O) groups is 14. The van der Waals surface area contributed by atoms with Gasteiger partial charge in [0.1, 0.15) is 42.3 Å². The summed E-state index contributed by atoms with van der Waals surface area (Å²) in [7, 11) is 0. The molecule has 14 amide bonds. The highest BCUT2D eigenvalue weighted by atomic mass is 16.2. The summed E-state index contributed by atoms with van der Waals surface area (Å²) in [6, 6.07) is 54.8. The van der Waals surface area contributed by atoms with Crippen LogP contribution in [0.1, 0.15) is 129 Å². The Kier molecular flexibility index (Phi) is 53.5. The summed E-state index contributed by atoms with van der Waals surface area (Å²) in [5.74, 6) is -7.48. The smallest absolute Gasteiger partial charge is 0.243 e. The zero-order chi connectivity index (χ0) is 102. The SMILES string of the molecule is NCCCC(=O)N(CCNC(=O)[C@H](Cc1ccccc1)N(CCNC(=O)[C@H](Cc1ccccc1)N(CCNC(=O)[C@H](Cc1ccccc1)N(CCNC(=O)[C@H](Cc1ccccc1)N(CCNC(=O)[C@H](Cc1ccccc1)N(CCNC(=O)[C@H](Cc1ccccc1)N(CCN)C(=O)CCCN)C(=O)CCCN)C(=O)CCCN)C(=O)CCCN)C(=O)CCCN)C(=O)CCCN)[C@@H](Cc1ccccc1)C(N)=O. The molecule has 36 heteroatoms. The number of hydrogen-bond acceptors (Lipinski definition) is 22. The minimum atomic E-state index is -1.29. The van der Waals surface area contributed by atoms with Gasteiger partial charge in [-0.05, 0) is 130 Å². The highest BCUT2D eigenvalue weighted by Gasteiger charge is 2.39. The molecule has 0 aromatic heterocycles. The van der Waals surface area contributed by atoms with Gasteiger partial charge in [0.25, 0.3) is 0 Å². The van der Waals surface area contributed by atoms with E-state index in [0.717, 1.165) is 11.1 Å². The molecule has 0 aliphatic carbocycles. The Labute approximate surface area is 829 Å². The fourth-order valence-corrected chi connectivity index (χ4v) is 16.9. The summed E-state index contributed by atoms with van der Waals surface area (Å²) in [6.45, 7) is -1.35. The number of carbonyl (C=O) groups excluding carboxylic acids is 14. The number of amides is 14. The number of nitrogens with zero attached hydrogens (tertiary/aromatic N) is 7. The summed E-state index contributed by atoms with van der Waals surface area (Å²) >= 11 is 0. The number of nitrogens with one attached hydrogen (secondary N) is 6. The lowest BCUT2D eigenvalue weighted by Crippen LogP contribution is -2.57. The average Bonchev–Trinajstić information content (AvgIpc) is 0.833. The van der Waals surface area contributed by atoms with Gasteiger partial charge in [-0.3, -0.25) is 67.1 Å². The number of rotatable bonds is 69. The summed E-state index contributed by atoms with van der Waals surface area (Å²) < 4.78 is 0. The normalized spacial score (nSPS) is 12.5. The first-order valence-corrected chi connectivity index (χ1v) is 49.3. The third-order valence-electron chi connectivity index (χ3n) is 24.4. The number of primary amides is 1. The second-order valence-corrected chi connectivity index (χ2v) is 34.7. The lowest BCUT2D eigenvalue weighted by molar-refractivity contribution is -0.142. The van der Waals surface area contributed by atoms with Crippen molar-refractivity contribution in [2.75, 3.05) is 137 Å². The molecule has 7 aromatic carbocycles. The topological polar surface area (TPSA) is 568 Å². The Balaban J connectivity index is 1.15. The van der Waals surface area contributed by atoms with Crippen LogP contribution in [0.25, 0.3) is 0 Å². The summed E-state index contributed by atoms with van der Waals surface area (Å²) in [6.07, 6.45) is 1.68. The quantitative estimate of drug-likeness (QED) is 0.0256. The van der Waals surface area contributed by atoms with Gasteiger partial charge in [-0.25, -0.2) is 0 Å². The minimum absolute atomic E-state index is 0.00958. The van der Waals surface area contributed by atoms with E-state index in [0.29, 0.717) is 40.7 Å². The molecule has 0 fully saturated rings. The molecule has 7 aromatic rings. The van der Waals surface area contributed by atoms with Crippen molar-refractivity contribution >= 4 is 82.7 Å². The van der Waals surface area contributed by atoms with Crippen molar-refractivity contribution in [2.45, 2.75) is 177 Å². The number of hydrogen-bond donors (Lipinski definition) is 15. The van der Waals surface area contributed by atoms with Gasteiger partial charge >= 0.3 is 0 Å². The maximum atomic E-state index is 15.5. The second-order valence-electron chi connectivity index (χ2n) is 34.7. The van der Waals surface area contributed by atoms with Crippen LogP contribution in [-0.2, 0) is 112 Å². The van der Waals surface area contributed by atoms with Crippen LogP contribution in [-0.4, -0.2) is 297 Å². The van der Waals surface area contributed by atoms with Crippen molar-refractivity contribution in [1.29, 1.82) is 0 Å². The van der Waals surface area contributed by atoms with Crippen molar-refractivity contribution in [2.24, 2.45) is 51.6 Å². The molecule has 0 radical (unpaired) electrons. The molecule has 7 atom stereocenters.